The number of nitrogens with one attached hydrogen (secondary N) is 2. The van der Waals surface area contributed by atoms with E-state index < -0.39 is 0 Å². The second-order valence-corrected chi connectivity index (χ2v) is 7.79. The predicted octanol–water partition coefficient (Wildman–Crippen LogP) is 4.66. The first-order valence-corrected chi connectivity index (χ1v) is 11.7. The Morgan fingerprint density at radius 3 is 1.28 bits per heavy atom. The van der Waals surface area contributed by atoms with Crippen molar-refractivity contribution in [3.05, 3.63) is 11.6 Å². The van der Waals surface area contributed by atoms with Gasteiger partial charge in [-0.15, -0.1) is 0 Å². The van der Waals surface area contributed by atoms with Crippen LogP contribution in [0.3, 0.4) is 0 Å². The molecule has 25 heavy (non-hydrogen) atoms. The number of thioether (sulfide) groups is 2. The Kier molecular flexibility index (Phi) is 10.0. The highest BCUT2D eigenvalue weighted by atomic mass is 32.2. The third-order valence-corrected chi connectivity index (χ3v) is 5.35. The zero-order valence-corrected chi connectivity index (χ0v) is 17.0. The molecule has 8 heteroatoms. The first-order chi connectivity index (χ1) is 12.3. The molecule has 0 unspecified atom stereocenters. The molecule has 0 aliphatic carbocycles. The normalized spacial score (nSPS) is 11.3. The zero-order valence-electron chi connectivity index (χ0n) is 15.4. The Morgan fingerprint density at radius 1 is 0.600 bits per heavy atom. The molecule has 0 spiro atoms. The van der Waals surface area contributed by atoms with Gasteiger partial charge in [0.05, 0.1) is 0 Å². The van der Waals surface area contributed by atoms with Gasteiger partial charge in [-0.05, 0) is 25.4 Å². The van der Waals surface area contributed by atoms with Crippen LogP contribution in [0.4, 0.5) is 0 Å². The van der Waals surface area contributed by atoms with Crippen molar-refractivity contribution in [3.63, 3.8) is 0 Å². The van der Waals surface area contributed by atoms with Gasteiger partial charge in [-0.3, -0.25) is 10.2 Å². The first kappa shape index (κ1) is 20.3. The summed E-state index contributed by atoms with van der Waals surface area (Å²) >= 11 is 3.22. The van der Waals surface area contributed by atoms with Gasteiger partial charge in [0.15, 0.2) is 22.0 Å². The smallest absolute Gasteiger partial charge is 0.183 e. The maximum absolute atomic E-state index is 4.42. The summed E-state index contributed by atoms with van der Waals surface area (Å²) < 4.78 is 0. The molecule has 0 saturated carbocycles. The third-order valence-electron chi connectivity index (χ3n) is 4.21. The summed E-state index contributed by atoms with van der Waals surface area (Å²) in [5, 5.41) is 16.2. The summed E-state index contributed by atoms with van der Waals surface area (Å²) in [6, 6.07) is 0. The zero-order chi connectivity index (χ0) is 17.7. The van der Waals surface area contributed by atoms with E-state index in [0.717, 1.165) is 34.8 Å². The number of aryl methyl sites for hydroxylation is 2. The number of hydrogen-bond acceptors (Lipinski definition) is 6. The van der Waals surface area contributed by atoms with Crippen molar-refractivity contribution in [1.29, 1.82) is 0 Å². The lowest BCUT2D eigenvalue weighted by molar-refractivity contribution is 0.554. The van der Waals surface area contributed by atoms with Crippen LogP contribution in [0.5, 0.6) is 0 Å². The number of rotatable bonds is 14. The molecule has 0 fully saturated rings. The highest BCUT2D eigenvalue weighted by Gasteiger charge is 2.02. The van der Waals surface area contributed by atoms with Gasteiger partial charge < -0.3 is 0 Å². The quantitative estimate of drug-likeness (QED) is 0.365. The number of hydrogen-bond donors (Lipinski definition) is 2. The summed E-state index contributed by atoms with van der Waals surface area (Å²) in [4.78, 5) is 8.83. The van der Waals surface area contributed by atoms with Crippen LogP contribution in [0, 0.1) is 0 Å². The average molecular weight is 383 g/mol. The lowest BCUT2D eigenvalue weighted by Gasteiger charge is -2.01. The second kappa shape index (κ2) is 12.4. The van der Waals surface area contributed by atoms with Crippen LogP contribution in [0.1, 0.15) is 69.4 Å². The van der Waals surface area contributed by atoms with Crippen LogP contribution in [0.25, 0.3) is 0 Å². The number of aromatic amines is 2. The van der Waals surface area contributed by atoms with Crippen LogP contribution in [0.15, 0.2) is 10.3 Å². The first-order valence-electron chi connectivity index (χ1n) is 9.22. The van der Waals surface area contributed by atoms with Crippen molar-refractivity contribution in [1.82, 2.24) is 30.4 Å². The second-order valence-electron chi connectivity index (χ2n) is 6.20. The number of unbranched alkanes of at least 4 members (excludes halogenated alkanes) is 8. The molecule has 0 atom stereocenters. The number of H-pyrrole nitrogens is 2. The molecule has 0 aromatic carbocycles. The number of aromatic nitrogens is 6. The van der Waals surface area contributed by atoms with Crippen molar-refractivity contribution in [3.8, 4) is 0 Å². The van der Waals surface area contributed by atoms with Crippen LogP contribution in [0.2, 0.25) is 0 Å². The number of nitrogens with zero attached hydrogens (tertiary/aromatic N) is 4. The summed E-state index contributed by atoms with van der Waals surface area (Å²) in [7, 11) is 0. The lowest BCUT2D eigenvalue weighted by Crippen LogP contribution is -1.90. The fourth-order valence-electron chi connectivity index (χ4n) is 2.77. The van der Waals surface area contributed by atoms with Gasteiger partial charge in [0.1, 0.15) is 0 Å². The van der Waals surface area contributed by atoms with Crippen LogP contribution in [-0.4, -0.2) is 42.9 Å². The van der Waals surface area contributed by atoms with Gasteiger partial charge in [-0.1, -0.05) is 68.5 Å². The van der Waals surface area contributed by atoms with Crippen LogP contribution < -0.4 is 0 Å². The maximum atomic E-state index is 4.42. The van der Waals surface area contributed by atoms with Crippen molar-refractivity contribution in [2.75, 3.05) is 12.5 Å². The SMILES string of the molecule is CSc1nc(CCCCCCCCCCCc2n[nH]c(SC)n2)n[nH]1. The fraction of sp³-hybridized carbons (Fsp3) is 0.765. The minimum absolute atomic E-state index is 0.919. The average Bonchev–Trinajstić information content (AvgIpc) is 3.28. The molecule has 2 rings (SSSR count). The predicted molar refractivity (Wildman–Crippen MR) is 105 cm³/mol. The Labute approximate surface area is 159 Å². The molecule has 2 N–H and O–H groups in total. The highest BCUT2D eigenvalue weighted by molar-refractivity contribution is 7.98. The molecule has 0 aliphatic heterocycles. The lowest BCUT2D eigenvalue weighted by atomic mass is 10.1. The van der Waals surface area contributed by atoms with Gasteiger partial charge >= 0.3 is 0 Å². The Hall–Kier alpha value is -1.02. The molecule has 2 aromatic heterocycles. The van der Waals surface area contributed by atoms with E-state index in [-0.39, 0.29) is 0 Å². The van der Waals surface area contributed by atoms with Gasteiger partial charge in [0.25, 0.3) is 0 Å². The molecular formula is C17H30N6S2. The molecule has 2 aromatic rings. The van der Waals surface area contributed by atoms with Crippen molar-refractivity contribution in [2.45, 2.75) is 80.9 Å². The van der Waals surface area contributed by atoms with Crippen molar-refractivity contribution < 1.29 is 0 Å². The van der Waals surface area contributed by atoms with Gasteiger partial charge in [-0.25, -0.2) is 9.97 Å². The summed E-state index contributed by atoms with van der Waals surface area (Å²) in [6.07, 6.45) is 17.7. The van der Waals surface area contributed by atoms with E-state index in [0.29, 0.717) is 0 Å². The monoisotopic (exact) mass is 382 g/mol. The molecule has 0 radical (unpaired) electrons. The molecule has 0 aliphatic rings. The van der Waals surface area contributed by atoms with E-state index in [1.54, 1.807) is 23.5 Å². The summed E-state index contributed by atoms with van der Waals surface area (Å²) in [5.74, 6) is 1.92. The Morgan fingerprint density at radius 2 is 0.960 bits per heavy atom. The van der Waals surface area contributed by atoms with Crippen molar-refractivity contribution in [2.24, 2.45) is 0 Å². The van der Waals surface area contributed by atoms with E-state index in [9.17, 15) is 0 Å². The molecule has 6 nitrogen and oxygen atoms in total. The minimum Gasteiger partial charge on any atom is -0.254 e. The van der Waals surface area contributed by atoms with Crippen LogP contribution >= 0.6 is 23.5 Å². The van der Waals surface area contributed by atoms with E-state index in [2.05, 4.69) is 30.4 Å². The van der Waals surface area contributed by atoms with Gasteiger partial charge in [-0.2, -0.15) is 10.2 Å². The standard InChI is InChI=1S/C17H30N6S2/c1-24-16-18-14(20-22-16)12-10-8-6-4-3-5-7-9-11-13-15-19-17(25-2)23-21-15/h3-13H2,1-2H3,(H,18,20,22)(H,19,21,23). The Bertz CT molecular complexity index is 533. The Balaban J connectivity index is 1.36. The maximum Gasteiger partial charge on any atom is 0.183 e. The van der Waals surface area contributed by atoms with Crippen LogP contribution in [-0.2, 0) is 12.8 Å². The summed E-state index contributed by atoms with van der Waals surface area (Å²) in [5.41, 5.74) is 0. The van der Waals surface area contributed by atoms with E-state index >= 15 is 0 Å². The third kappa shape index (κ3) is 8.27. The molecule has 140 valence electrons. The van der Waals surface area contributed by atoms with E-state index in [4.69, 9.17) is 0 Å². The topological polar surface area (TPSA) is 83.1 Å². The van der Waals surface area contributed by atoms with E-state index in [1.165, 1.54) is 57.8 Å². The summed E-state index contributed by atoms with van der Waals surface area (Å²) in [6.45, 7) is 0. The molecule has 0 bridgehead atoms. The minimum atomic E-state index is 0.919. The van der Waals surface area contributed by atoms with E-state index in [1.807, 2.05) is 12.5 Å². The highest BCUT2D eigenvalue weighted by Crippen LogP contribution is 2.13. The largest absolute Gasteiger partial charge is 0.254 e. The molecule has 2 heterocycles. The molecule has 0 amide bonds. The fourth-order valence-corrected chi connectivity index (χ4v) is 3.44. The van der Waals surface area contributed by atoms with Gasteiger partial charge in [0.2, 0.25) is 0 Å². The van der Waals surface area contributed by atoms with Crippen molar-refractivity contribution >= 4 is 23.5 Å². The molecule has 0 saturated heterocycles. The molecular weight excluding hydrogens is 352 g/mol. The van der Waals surface area contributed by atoms with Gasteiger partial charge in [0, 0.05) is 12.8 Å².